The van der Waals surface area contributed by atoms with E-state index in [4.69, 9.17) is 10.5 Å². The molecule has 1 fully saturated rings. The predicted molar refractivity (Wildman–Crippen MR) is 63.3 cm³/mol. The molecule has 0 radical (unpaired) electrons. The van der Waals surface area contributed by atoms with E-state index in [1.165, 1.54) is 0 Å². The standard InChI is InChI=1S/C11H18N4O/c1-16-7-9-2-4-15(5-3-9)11-10(12)6-13-8-14-11/h6,8-9H,2-5,7,12H2,1H3. The molecule has 0 saturated carbocycles. The predicted octanol–water partition coefficient (Wildman–Crippen LogP) is 0.922. The van der Waals surface area contributed by atoms with Crippen molar-refractivity contribution in [2.75, 3.05) is 37.4 Å². The number of aromatic nitrogens is 2. The Labute approximate surface area is 95.6 Å². The van der Waals surface area contributed by atoms with E-state index in [9.17, 15) is 0 Å². The van der Waals surface area contributed by atoms with Crippen LogP contribution >= 0.6 is 0 Å². The fraction of sp³-hybridized carbons (Fsp3) is 0.636. The molecule has 2 N–H and O–H groups in total. The van der Waals surface area contributed by atoms with Crippen LogP contribution in [0, 0.1) is 5.92 Å². The smallest absolute Gasteiger partial charge is 0.155 e. The monoisotopic (exact) mass is 222 g/mol. The molecule has 16 heavy (non-hydrogen) atoms. The molecule has 1 aliphatic rings. The summed E-state index contributed by atoms with van der Waals surface area (Å²) in [5.41, 5.74) is 6.51. The maximum atomic E-state index is 5.85. The topological polar surface area (TPSA) is 64.3 Å². The van der Waals surface area contributed by atoms with Crippen molar-refractivity contribution in [2.45, 2.75) is 12.8 Å². The molecule has 0 bridgehead atoms. The van der Waals surface area contributed by atoms with E-state index in [2.05, 4.69) is 14.9 Å². The molecule has 0 aromatic carbocycles. The number of ether oxygens (including phenoxy) is 1. The van der Waals surface area contributed by atoms with Gasteiger partial charge in [0.05, 0.1) is 11.9 Å². The van der Waals surface area contributed by atoms with Crippen LogP contribution in [0.2, 0.25) is 0 Å². The van der Waals surface area contributed by atoms with Gasteiger partial charge >= 0.3 is 0 Å². The number of rotatable bonds is 3. The summed E-state index contributed by atoms with van der Waals surface area (Å²) >= 11 is 0. The van der Waals surface area contributed by atoms with Crippen molar-refractivity contribution in [3.05, 3.63) is 12.5 Å². The third-order valence-corrected chi connectivity index (χ3v) is 3.03. The summed E-state index contributed by atoms with van der Waals surface area (Å²) in [5, 5.41) is 0. The third-order valence-electron chi connectivity index (χ3n) is 3.03. The first-order chi connectivity index (χ1) is 7.81. The zero-order valence-electron chi connectivity index (χ0n) is 9.59. The molecule has 0 atom stereocenters. The zero-order chi connectivity index (χ0) is 11.4. The molecule has 2 rings (SSSR count). The molecule has 0 unspecified atom stereocenters. The molecular weight excluding hydrogens is 204 g/mol. The van der Waals surface area contributed by atoms with Gasteiger partial charge in [0.15, 0.2) is 5.82 Å². The van der Waals surface area contributed by atoms with Crippen LogP contribution < -0.4 is 10.6 Å². The number of anilines is 2. The Bertz CT molecular complexity index is 337. The first kappa shape index (κ1) is 11.1. The number of methoxy groups -OCH3 is 1. The van der Waals surface area contributed by atoms with Crippen molar-refractivity contribution in [2.24, 2.45) is 5.92 Å². The van der Waals surface area contributed by atoms with E-state index in [1.54, 1.807) is 19.6 Å². The summed E-state index contributed by atoms with van der Waals surface area (Å²) in [6, 6.07) is 0. The van der Waals surface area contributed by atoms with Gasteiger partial charge in [-0.1, -0.05) is 0 Å². The second-order valence-electron chi connectivity index (χ2n) is 4.19. The number of nitrogens with two attached hydrogens (primary N) is 1. The van der Waals surface area contributed by atoms with Gasteiger partial charge in [-0.15, -0.1) is 0 Å². The highest BCUT2D eigenvalue weighted by Gasteiger charge is 2.21. The van der Waals surface area contributed by atoms with Crippen LogP contribution in [0.3, 0.4) is 0 Å². The average Bonchev–Trinajstić information content (AvgIpc) is 2.31. The second-order valence-corrected chi connectivity index (χ2v) is 4.19. The molecule has 0 spiro atoms. The van der Waals surface area contributed by atoms with Gasteiger partial charge in [0.25, 0.3) is 0 Å². The second kappa shape index (κ2) is 5.12. The highest BCUT2D eigenvalue weighted by Crippen LogP contribution is 2.25. The largest absolute Gasteiger partial charge is 0.394 e. The summed E-state index contributed by atoms with van der Waals surface area (Å²) in [4.78, 5) is 10.4. The fourth-order valence-electron chi connectivity index (χ4n) is 2.15. The lowest BCUT2D eigenvalue weighted by molar-refractivity contribution is 0.139. The van der Waals surface area contributed by atoms with Crippen molar-refractivity contribution in [1.29, 1.82) is 0 Å². The van der Waals surface area contributed by atoms with Crippen LogP contribution in [0.15, 0.2) is 12.5 Å². The molecule has 1 aliphatic heterocycles. The quantitative estimate of drug-likeness (QED) is 0.824. The van der Waals surface area contributed by atoms with E-state index in [-0.39, 0.29) is 0 Å². The van der Waals surface area contributed by atoms with Crippen molar-refractivity contribution >= 4 is 11.5 Å². The number of hydrogen-bond donors (Lipinski definition) is 1. The summed E-state index contributed by atoms with van der Waals surface area (Å²) in [6.45, 7) is 2.84. The van der Waals surface area contributed by atoms with Gasteiger partial charge in [-0.2, -0.15) is 0 Å². The SMILES string of the molecule is COCC1CCN(c2ncncc2N)CC1. The van der Waals surface area contributed by atoms with Gasteiger partial charge in [0.1, 0.15) is 6.33 Å². The number of piperidine rings is 1. The molecule has 0 amide bonds. The minimum Gasteiger partial charge on any atom is -0.394 e. The van der Waals surface area contributed by atoms with Gasteiger partial charge in [-0.25, -0.2) is 9.97 Å². The van der Waals surface area contributed by atoms with E-state index in [0.29, 0.717) is 11.6 Å². The van der Waals surface area contributed by atoms with Crippen LogP contribution in [0.25, 0.3) is 0 Å². The lowest BCUT2D eigenvalue weighted by Gasteiger charge is -2.32. The average molecular weight is 222 g/mol. The Hall–Kier alpha value is -1.36. The van der Waals surface area contributed by atoms with Gasteiger partial charge in [0.2, 0.25) is 0 Å². The van der Waals surface area contributed by atoms with Crippen LogP contribution in [0.1, 0.15) is 12.8 Å². The molecule has 1 aromatic heterocycles. The lowest BCUT2D eigenvalue weighted by atomic mass is 9.98. The Morgan fingerprint density at radius 3 is 2.88 bits per heavy atom. The van der Waals surface area contributed by atoms with Gasteiger partial charge in [-0.3, -0.25) is 0 Å². The number of nitrogen functional groups attached to an aromatic ring is 1. The van der Waals surface area contributed by atoms with Crippen LogP contribution in [0.4, 0.5) is 11.5 Å². The molecule has 5 heteroatoms. The Balaban J connectivity index is 1.96. The summed E-state index contributed by atoms with van der Waals surface area (Å²) < 4.78 is 5.18. The minimum atomic E-state index is 0.660. The molecule has 5 nitrogen and oxygen atoms in total. The molecule has 0 aliphatic carbocycles. The van der Waals surface area contributed by atoms with E-state index in [1.807, 2.05) is 0 Å². The van der Waals surface area contributed by atoms with Crippen LogP contribution in [-0.4, -0.2) is 36.8 Å². The zero-order valence-corrected chi connectivity index (χ0v) is 9.59. The van der Waals surface area contributed by atoms with E-state index < -0.39 is 0 Å². The number of hydrogen-bond acceptors (Lipinski definition) is 5. The highest BCUT2D eigenvalue weighted by molar-refractivity contribution is 5.60. The van der Waals surface area contributed by atoms with Crippen molar-refractivity contribution in [3.8, 4) is 0 Å². The fourth-order valence-corrected chi connectivity index (χ4v) is 2.15. The molecule has 1 saturated heterocycles. The van der Waals surface area contributed by atoms with Crippen molar-refractivity contribution in [1.82, 2.24) is 9.97 Å². The van der Waals surface area contributed by atoms with Crippen LogP contribution in [0.5, 0.6) is 0 Å². The van der Waals surface area contributed by atoms with E-state index in [0.717, 1.165) is 38.4 Å². The molecule has 2 heterocycles. The van der Waals surface area contributed by atoms with Gasteiger partial charge in [0, 0.05) is 26.8 Å². The normalized spacial score (nSPS) is 17.7. The maximum absolute atomic E-state index is 5.85. The summed E-state index contributed by atoms with van der Waals surface area (Å²) in [5.74, 6) is 1.54. The first-order valence-corrected chi connectivity index (χ1v) is 5.60. The summed E-state index contributed by atoms with van der Waals surface area (Å²) in [6.07, 6.45) is 5.48. The highest BCUT2D eigenvalue weighted by atomic mass is 16.5. The van der Waals surface area contributed by atoms with Gasteiger partial charge in [-0.05, 0) is 18.8 Å². The number of nitrogens with zero attached hydrogens (tertiary/aromatic N) is 3. The molecular formula is C11H18N4O. The third kappa shape index (κ3) is 2.41. The maximum Gasteiger partial charge on any atom is 0.155 e. The van der Waals surface area contributed by atoms with Crippen LogP contribution in [-0.2, 0) is 4.74 Å². The Morgan fingerprint density at radius 2 is 2.25 bits per heavy atom. The van der Waals surface area contributed by atoms with Crippen molar-refractivity contribution in [3.63, 3.8) is 0 Å². The minimum absolute atomic E-state index is 0.660. The molecule has 1 aromatic rings. The first-order valence-electron chi connectivity index (χ1n) is 5.60. The lowest BCUT2D eigenvalue weighted by Crippen LogP contribution is -2.36. The van der Waals surface area contributed by atoms with Gasteiger partial charge < -0.3 is 15.4 Å². The molecule has 88 valence electrons. The Morgan fingerprint density at radius 1 is 1.50 bits per heavy atom. The van der Waals surface area contributed by atoms with Crippen molar-refractivity contribution < 1.29 is 4.74 Å². The summed E-state index contributed by atoms with van der Waals surface area (Å²) in [7, 11) is 1.76. The van der Waals surface area contributed by atoms with E-state index >= 15 is 0 Å². The Kier molecular flexibility index (Phi) is 3.56.